The number of hydrogen-bond donors (Lipinski definition) is 2. The first-order valence-electron chi connectivity index (χ1n) is 7.05. The number of thioether (sulfide) groups is 1. The Labute approximate surface area is 148 Å². The van der Waals surface area contributed by atoms with Crippen LogP contribution in [-0.4, -0.2) is 14.7 Å². The lowest BCUT2D eigenvalue weighted by molar-refractivity contribution is 0.437. The van der Waals surface area contributed by atoms with Crippen molar-refractivity contribution < 1.29 is 5.11 Å². The molecular weight excluding hydrogens is 348 g/mol. The molecule has 3 aromatic rings. The fraction of sp³-hybridized carbons (Fsp3) is 0.118. The van der Waals surface area contributed by atoms with Gasteiger partial charge in [0.05, 0.1) is 11.4 Å². The second-order valence-corrected chi connectivity index (χ2v) is 6.83. The monoisotopic (exact) mass is 362 g/mol. The number of aromatic hydroxyl groups is 1. The molecule has 0 saturated carbocycles. The summed E-state index contributed by atoms with van der Waals surface area (Å²) in [7, 11) is 0. The Bertz CT molecular complexity index is 841. The summed E-state index contributed by atoms with van der Waals surface area (Å²) in [6, 6.07) is 17.4. The van der Waals surface area contributed by atoms with Gasteiger partial charge in [0.1, 0.15) is 0 Å². The largest absolute Gasteiger partial charge is 0.493 e. The molecule has 23 heavy (non-hydrogen) atoms. The van der Waals surface area contributed by atoms with Gasteiger partial charge in [-0.05, 0) is 42.0 Å². The maximum Gasteiger partial charge on any atom is 0.218 e. The average Bonchev–Trinajstić information content (AvgIpc) is 2.84. The van der Waals surface area contributed by atoms with E-state index in [-0.39, 0.29) is 5.88 Å². The van der Waals surface area contributed by atoms with E-state index in [9.17, 15) is 5.11 Å². The van der Waals surface area contributed by atoms with Gasteiger partial charge in [0.2, 0.25) is 5.88 Å². The van der Waals surface area contributed by atoms with Gasteiger partial charge in [-0.3, -0.25) is 4.57 Å². The summed E-state index contributed by atoms with van der Waals surface area (Å²) in [6.07, 6.45) is 0. The summed E-state index contributed by atoms with van der Waals surface area (Å²) in [4.78, 5) is 3.09. The van der Waals surface area contributed by atoms with Crippen molar-refractivity contribution in [2.24, 2.45) is 0 Å². The average molecular weight is 363 g/mol. The van der Waals surface area contributed by atoms with E-state index >= 15 is 0 Å². The number of nitrogens with one attached hydrogen (secondary N) is 1. The first kappa shape index (κ1) is 16.2. The summed E-state index contributed by atoms with van der Waals surface area (Å²) in [6.45, 7) is 0. The van der Waals surface area contributed by atoms with E-state index in [2.05, 4.69) is 17.1 Å². The van der Waals surface area contributed by atoms with Crippen molar-refractivity contribution in [3.8, 4) is 11.6 Å². The van der Waals surface area contributed by atoms with Gasteiger partial charge in [0.15, 0.2) is 4.77 Å². The molecule has 0 spiro atoms. The van der Waals surface area contributed by atoms with Crippen LogP contribution in [0.5, 0.6) is 5.88 Å². The number of imidazole rings is 1. The maximum absolute atomic E-state index is 10.4. The minimum Gasteiger partial charge on any atom is -0.493 e. The van der Waals surface area contributed by atoms with Crippen molar-refractivity contribution in [1.82, 2.24) is 9.55 Å². The van der Waals surface area contributed by atoms with Crippen LogP contribution in [0.1, 0.15) is 11.3 Å². The second-order valence-electron chi connectivity index (χ2n) is 5.02. The Morgan fingerprint density at radius 1 is 1.04 bits per heavy atom. The molecule has 0 aliphatic rings. The minimum absolute atomic E-state index is 0.151. The Hall–Kier alpha value is -1.69. The Morgan fingerprint density at radius 3 is 2.43 bits per heavy atom. The van der Waals surface area contributed by atoms with Crippen molar-refractivity contribution in [1.29, 1.82) is 0 Å². The topological polar surface area (TPSA) is 40.9 Å². The Morgan fingerprint density at radius 2 is 1.74 bits per heavy atom. The van der Waals surface area contributed by atoms with E-state index in [4.69, 9.17) is 23.8 Å². The third kappa shape index (κ3) is 3.80. The molecule has 3 nitrogen and oxygen atoms in total. The molecule has 0 atom stereocenters. The summed E-state index contributed by atoms with van der Waals surface area (Å²) in [5, 5.41) is 11.1. The number of aromatic nitrogens is 2. The first-order valence-corrected chi connectivity index (χ1v) is 8.99. The van der Waals surface area contributed by atoms with Crippen LogP contribution < -0.4 is 0 Å². The molecule has 0 radical (unpaired) electrons. The van der Waals surface area contributed by atoms with Crippen molar-refractivity contribution in [3.63, 3.8) is 0 Å². The lowest BCUT2D eigenvalue weighted by Crippen LogP contribution is -1.93. The molecule has 1 aromatic heterocycles. The van der Waals surface area contributed by atoms with Crippen LogP contribution in [0, 0.1) is 4.77 Å². The van der Waals surface area contributed by atoms with E-state index in [1.54, 1.807) is 28.5 Å². The molecule has 0 fully saturated rings. The minimum atomic E-state index is 0.151. The van der Waals surface area contributed by atoms with Crippen LogP contribution in [0.25, 0.3) is 5.69 Å². The van der Waals surface area contributed by atoms with Gasteiger partial charge in [-0.25, -0.2) is 0 Å². The molecule has 0 bridgehead atoms. The maximum atomic E-state index is 10.4. The predicted octanol–water partition coefficient (Wildman–Crippen LogP) is 5.33. The third-order valence-corrected chi connectivity index (χ3v) is 4.95. The van der Waals surface area contributed by atoms with E-state index in [1.165, 1.54) is 5.56 Å². The van der Waals surface area contributed by atoms with Crippen molar-refractivity contribution in [2.75, 3.05) is 0 Å². The van der Waals surface area contributed by atoms with Crippen molar-refractivity contribution >= 4 is 35.6 Å². The smallest absolute Gasteiger partial charge is 0.218 e. The normalized spacial score (nSPS) is 10.8. The predicted molar refractivity (Wildman–Crippen MR) is 99.1 cm³/mol. The molecule has 1 heterocycles. The van der Waals surface area contributed by atoms with Crippen LogP contribution in [0.2, 0.25) is 5.02 Å². The molecule has 0 amide bonds. The van der Waals surface area contributed by atoms with Crippen LogP contribution >= 0.6 is 35.6 Å². The molecule has 0 aliphatic carbocycles. The van der Waals surface area contributed by atoms with Crippen molar-refractivity contribution in [2.45, 2.75) is 11.5 Å². The number of H-pyrrole nitrogens is 1. The summed E-state index contributed by atoms with van der Waals surface area (Å²) in [5.41, 5.74) is 2.77. The molecule has 2 aromatic carbocycles. The fourth-order valence-corrected chi connectivity index (χ4v) is 3.62. The van der Waals surface area contributed by atoms with Gasteiger partial charge in [-0.2, -0.15) is 11.8 Å². The zero-order valence-electron chi connectivity index (χ0n) is 12.2. The molecule has 0 unspecified atom stereocenters. The number of hydrogen-bond acceptors (Lipinski definition) is 3. The van der Waals surface area contributed by atoms with Crippen LogP contribution in [0.3, 0.4) is 0 Å². The van der Waals surface area contributed by atoms with Gasteiger partial charge in [0, 0.05) is 16.5 Å². The lowest BCUT2D eigenvalue weighted by Gasteiger charge is -2.05. The molecule has 2 N–H and O–H groups in total. The molecule has 6 heteroatoms. The van der Waals surface area contributed by atoms with Crippen LogP contribution in [0.15, 0.2) is 54.6 Å². The van der Waals surface area contributed by atoms with Crippen molar-refractivity contribution in [3.05, 3.63) is 75.6 Å². The van der Waals surface area contributed by atoms with E-state index in [0.717, 1.165) is 17.1 Å². The van der Waals surface area contributed by atoms with E-state index in [1.807, 2.05) is 30.3 Å². The fourth-order valence-electron chi connectivity index (χ4n) is 2.25. The zero-order chi connectivity index (χ0) is 16.2. The van der Waals surface area contributed by atoms with Gasteiger partial charge in [-0.15, -0.1) is 0 Å². The molecule has 0 saturated heterocycles. The second kappa shape index (κ2) is 7.25. The highest BCUT2D eigenvalue weighted by Crippen LogP contribution is 2.27. The Kier molecular flexibility index (Phi) is 5.10. The third-order valence-electron chi connectivity index (χ3n) is 3.39. The number of rotatable bonds is 5. The molecular formula is C17H15ClN2OS2. The van der Waals surface area contributed by atoms with Gasteiger partial charge in [-0.1, -0.05) is 41.9 Å². The quantitative estimate of drug-likeness (QED) is 0.603. The number of nitrogens with zero attached hydrogens (tertiary/aromatic N) is 1. The van der Waals surface area contributed by atoms with E-state index < -0.39 is 0 Å². The highest BCUT2D eigenvalue weighted by atomic mass is 35.5. The molecule has 3 rings (SSSR count). The van der Waals surface area contributed by atoms with Gasteiger partial charge >= 0.3 is 0 Å². The number of benzene rings is 2. The summed E-state index contributed by atoms with van der Waals surface area (Å²) >= 11 is 12.9. The van der Waals surface area contributed by atoms with Gasteiger partial charge < -0.3 is 10.1 Å². The lowest BCUT2D eigenvalue weighted by atomic mass is 10.2. The highest BCUT2D eigenvalue weighted by Gasteiger charge is 2.12. The standard InChI is InChI=1S/C17H15ClN2OS2/c18-13-6-8-14(9-7-13)20-16(21)15(19-17(20)22)11-23-10-12-4-2-1-3-5-12/h1-9,21H,10-11H2,(H,19,22). The molecule has 0 aliphatic heterocycles. The highest BCUT2D eigenvalue weighted by molar-refractivity contribution is 7.97. The first-order chi connectivity index (χ1) is 11.1. The SMILES string of the molecule is Oc1c(CSCc2ccccc2)[nH]c(=S)n1-c1ccc(Cl)cc1. The summed E-state index contributed by atoms with van der Waals surface area (Å²) in [5.74, 6) is 1.69. The Balaban J connectivity index is 1.75. The van der Waals surface area contributed by atoms with E-state index in [0.29, 0.717) is 15.5 Å². The zero-order valence-corrected chi connectivity index (χ0v) is 14.6. The molecule has 118 valence electrons. The number of halogens is 1. The van der Waals surface area contributed by atoms with Crippen LogP contribution in [-0.2, 0) is 11.5 Å². The number of aromatic amines is 1. The van der Waals surface area contributed by atoms with Crippen LogP contribution in [0.4, 0.5) is 0 Å². The summed E-state index contributed by atoms with van der Waals surface area (Å²) < 4.78 is 2.09. The van der Waals surface area contributed by atoms with Gasteiger partial charge in [0.25, 0.3) is 0 Å².